The minimum Gasteiger partial charge on any atom is -0.449 e. The first-order chi connectivity index (χ1) is 9.76. The van der Waals surface area contributed by atoms with Crippen LogP contribution in [0.5, 0.6) is 0 Å². The van der Waals surface area contributed by atoms with Gasteiger partial charge in [-0.15, -0.1) is 11.3 Å². The molecule has 20 heavy (non-hydrogen) atoms. The van der Waals surface area contributed by atoms with Crippen LogP contribution >= 0.6 is 11.3 Å². The van der Waals surface area contributed by atoms with E-state index in [1.165, 1.54) is 4.88 Å². The van der Waals surface area contributed by atoms with E-state index in [0.29, 0.717) is 12.5 Å². The number of hydrogen-bond acceptors (Lipinski definition) is 4. The summed E-state index contributed by atoms with van der Waals surface area (Å²) in [4.78, 5) is 14.9. The van der Waals surface area contributed by atoms with Gasteiger partial charge in [-0.2, -0.15) is 0 Å². The Labute approximate surface area is 124 Å². The molecule has 1 N–H and O–H groups in total. The second-order valence-electron chi connectivity index (χ2n) is 5.20. The summed E-state index contributed by atoms with van der Waals surface area (Å²) in [6.07, 6.45) is 3.70. The highest BCUT2D eigenvalue weighted by Crippen LogP contribution is 2.34. The van der Waals surface area contributed by atoms with Crippen LogP contribution in [0, 0.1) is 0 Å². The zero-order valence-corrected chi connectivity index (χ0v) is 12.8. The van der Waals surface area contributed by atoms with E-state index in [-0.39, 0.29) is 12.7 Å². The summed E-state index contributed by atoms with van der Waals surface area (Å²) in [7, 11) is 0. The molecule has 0 radical (unpaired) electrons. The van der Waals surface area contributed by atoms with E-state index in [1.54, 1.807) is 16.2 Å². The molecule has 4 nitrogen and oxygen atoms in total. The maximum Gasteiger partial charge on any atom is 0.409 e. The van der Waals surface area contributed by atoms with Crippen LogP contribution in [0.1, 0.15) is 49.0 Å². The van der Waals surface area contributed by atoms with Crippen molar-refractivity contribution in [2.24, 2.45) is 0 Å². The third-order valence-corrected chi connectivity index (χ3v) is 4.92. The molecule has 1 aliphatic heterocycles. The van der Waals surface area contributed by atoms with Crippen LogP contribution in [0.25, 0.3) is 0 Å². The van der Waals surface area contributed by atoms with Gasteiger partial charge in [0.2, 0.25) is 0 Å². The minimum atomic E-state index is -0.175. The van der Waals surface area contributed by atoms with Gasteiger partial charge in [-0.25, -0.2) is 4.79 Å². The normalized spacial score (nSPS) is 16.4. The summed E-state index contributed by atoms with van der Waals surface area (Å²) in [6.45, 7) is 4.21. The highest BCUT2D eigenvalue weighted by Gasteiger charge is 2.26. The summed E-state index contributed by atoms with van der Waals surface area (Å²) in [6, 6.07) is 1.99. The summed E-state index contributed by atoms with van der Waals surface area (Å²) in [5.41, 5.74) is 1.04. The maximum atomic E-state index is 11.9. The van der Waals surface area contributed by atoms with Crippen molar-refractivity contribution >= 4 is 17.4 Å². The number of amides is 1. The largest absolute Gasteiger partial charge is 0.449 e. The molecule has 112 valence electrons. The second kappa shape index (κ2) is 7.64. The molecule has 1 fully saturated rings. The van der Waals surface area contributed by atoms with Crippen molar-refractivity contribution in [1.29, 1.82) is 0 Å². The van der Waals surface area contributed by atoms with Gasteiger partial charge in [-0.1, -0.05) is 13.3 Å². The third-order valence-electron chi connectivity index (χ3n) is 3.80. The molecular weight excluding hydrogens is 274 g/mol. The summed E-state index contributed by atoms with van der Waals surface area (Å²) < 4.78 is 5.24. The van der Waals surface area contributed by atoms with Gasteiger partial charge in [0.1, 0.15) is 0 Å². The van der Waals surface area contributed by atoms with Crippen molar-refractivity contribution in [2.75, 3.05) is 19.7 Å². The van der Waals surface area contributed by atoms with Crippen LogP contribution < -0.4 is 0 Å². The molecule has 1 aliphatic rings. The number of piperidine rings is 1. The van der Waals surface area contributed by atoms with Crippen molar-refractivity contribution in [1.82, 2.24) is 4.90 Å². The highest BCUT2D eigenvalue weighted by atomic mass is 32.1. The average molecular weight is 297 g/mol. The molecule has 0 spiro atoms. The Hall–Kier alpha value is -1.07. The van der Waals surface area contributed by atoms with Crippen LogP contribution in [0.2, 0.25) is 0 Å². The van der Waals surface area contributed by atoms with E-state index in [0.717, 1.165) is 44.3 Å². The Morgan fingerprint density at radius 1 is 1.50 bits per heavy atom. The lowest BCUT2D eigenvalue weighted by atomic mass is 9.93. The van der Waals surface area contributed by atoms with Crippen molar-refractivity contribution in [3.05, 3.63) is 21.9 Å². The Morgan fingerprint density at radius 3 is 2.90 bits per heavy atom. The SMILES string of the molecule is CCCCOC(=O)N1CCC(c2sccc2CO)CC1. The zero-order valence-electron chi connectivity index (χ0n) is 12.0. The van der Waals surface area contributed by atoms with E-state index in [2.05, 4.69) is 6.92 Å². The van der Waals surface area contributed by atoms with Crippen molar-refractivity contribution in [3.8, 4) is 0 Å². The zero-order chi connectivity index (χ0) is 14.4. The molecule has 5 heteroatoms. The van der Waals surface area contributed by atoms with Gasteiger partial charge >= 0.3 is 6.09 Å². The standard InChI is InChI=1S/C15H23NO3S/c1-2-3-9-19-15(18)16-7-4-12(5-8-16)14-13(11-17)6-10-20-14/h6,10,12,17H,2-5,7-9,11H2,1H3. The minimum absolute atomic E-state index is 0.109. The van der Waals surface area contributed by atoms with Gasteiger partial charge in [0, 0.05) is 18.0 Å². The first kappa shape index (κ1) is 15.3. The lowest BCUT2D eigenvalue weighted by Crippen LogP contribution is -2.38. The number of nitrogens with zero attached hydrogens (tertiary/aromatic N) is 1. The number of carbonyl (C=O) groups is 1. The maximum absolute atomic E-state index is 11.9. The lowest BCUT2D eigenvalue weighted by molar-refractivity contribution is 0.0916. The molecule has 1 amide bonds. The molecule has 0 aliphatic carbocycles. The Kier molecular flexibility index (Phi) is 5.86. The number of hydrogen-bond donors (Lipinski definition) is 1. The summed E-state index contributed by atoms with van der Waals surface area (Å²) in [5, 5.41) is 11.4. The second-order valence-corrected chi connectivity index (χ2v) is 6.15. The van der Waals surface area contributed by atoms with Gasteiger partial charge in [-0.3, -0.25) is 0 Å². The van der Waals surface area contributed by atoms with Crippen LogP contribution in [-0.2, 0) is 11.3 Å². The predicted octanol–water partition coefficient (Wildman–Crippen LogP) is 3.36. The first-order valence-electron chi connectivity index (χ1n) is 7.35. The van der Waals surface area contributed by atoms with Gasteiger partial charge in [0.25, 0.3) is 0 Å². The number of likely N-dealkylation sites (tertiary alicyclic amines) is 1. The molecule has 1 aromatic rings. The molecule has 0 saturated carbocycles. The Morgan fingerprint density at radius 2 is 2.25 bits per heavy atom. The van der Waals surface area contributed by atoms with Crippen LogP contribution in [-0.4, -0.2) is 35.8 Å². The van der Waals surface area contributed by atoms with Crippen LogP contribution in [0.3, 0.4) is 0 Å². The number of ether oxygens (including phenoxy) is 1. The fourth-order valence-corrected chi connectivity index (χ4v) is 3.65. The first-order valence-corrected chi connectivity index (χ1v) is 8.23. The monoisotopic (exact) mass is 297 g/mol. The van der Waals surface area contributed by atoms with Crippen molar-refractivity contribution in [2.45, 2.75) is 45.1 Å². The lowest BCUT2D eigenvalue weighted by Gasteiger charge is -2.31. The Bertz CT molecular complexity index is 425. The van der Waals surface area contributed by atoms with Gasteiger partial charge in [-0.05, 0) is 42.2 Å². The van der Waals surface area contributed by atoms with E-state index in [1.807, 2.05) is 11.4 Å². The quantitative estimate of drug-likeness (QED) is 0.848. The molecule has 0 bridgehead atoms. The molecule has 2 rings (SSSR count). The number of rotatable bonds is 5. The number of aliphatic hydroxyl groups excluding tert-OH is 1. The van der Waals surface area contributed by atoms with Gasteiger partial charge < -0.3 is 14.7 Å². The number of aliphatic hydroxyl groups is 1. The summed E-state index contributed by atoms with van der Waals surface area (Å²) in [5.74, 6) is 0.469. The van der Waals surface area contributed by atoms with E-state index in [9.17, 15) is 9.90 Å². The smallest absolute Gasteiger partial charge is 0.409 e. The fraction of sp³-hybridized carbons (Fsp3) is 0.667. The molecule has 0 atom stereocenters. The molecule has 0 unspecified atom stereocenters. The molecule has 1 saturated heterocycles. The van der Waals surface area contributed by atoms with Crippen molar-refractivity contribution < 1.29 is 14.6 Å². The average Bonchev–Trinajstić information content (AvgIpc) is 2.96. The van der Waals surface area contributed by atoms with E-state index < -0.39 is 0 Å². The number of unbranched alkanes of at least 4 members (excludes halogenated alkanes) is 1. The van der Waals surface area contributed by atoms with Crippen LogP contribution in [0.15, 0.2) is 11.4 Å². The topological polar surface area (TPSA) is 49.8 Å². The number of thiophene rings is 1. The van der Waals surface area contributed by atoms with Gasteiger partial charge in [0.15, 0.2) is 0 Å². The highest BCUT2D eigenvalue weighted by molar-refractivity contribution is 7.10. The molecule has 2 heterocycles. The number of carbonyl (C=O) groups excluding carboxylic acids is 1. The summed E-state index contributed by atoms with van der Waals surface area (Å²) >= 11 is 1.71. The molecule has 1 aromatic heterocycles. The predicted molar refractivity (Wildman–Crippen MR) is 80.0 cm³/mol. The molecular formula is C15H23NO3S. The Balaban J connectivity index is 1.81. The van der Waals surface area contributed by atoms with Crippen LogP contribution in [0.4, 0.5) is 4.79 Å². The van der Waals surface area contributed by atoms with Gasteiger partial charge in [0.05, 0.1) is 13.2 Å². The van der Waals surface area contributed by atoms with E-state index >= 15 is 0 Å². The third kappa shape index (κ3) is 3.73. The fourth-order valence-electron chi connectivity index (χ4n) is 2.56. The van der Waals surface area contributed by atoms with Crippen molar-refractivity contribution in [3.63, 3.8) is 0 Å². The molecule has 0 aromatic carbocycles. The van der Waals surface area contributed by atoms with E-state index in [4.69, 9.17) is 4.74 Å².